The van der Waals surface area contributed by atoms with E-state index in [2.05, 4.69) is 10.4 Å². The van der Waals surface area contributed by atoms with Gasteiger partial charge in [-0.1, -0.05) is 6.07 Å². The maximum absolute atomic E-state index is 13.8. The van der Waals surface area contributed by atoms with Crippen LogP contribution in [-0.4, -0.2) is 16.8 Å². The lowest BCUT2D eigenvalue weighted by atomic mass is 10.1. The Morgan fingerprint density at radius 3 is 2.94 bits per heavy atom. The van der Waals surface area contributed by atoms with Gasteiger partial charge in [0.05, 0.1) is 11.4 Å². The lowest BCUT2D eigenvalue weighted by molar-refractivity contribution is 0.596. The first-order valence-electron chi connectivity index (χ1n) is 6.27. The van der Waals surface area contributed by atoms with E-state index >= 15 is 0 Å². The molecule has 0 unspecified atom stereocenters. The van der Waals surface area contributed by atoms with Gasteiger partial charge >= 0.3 is 0 Å². The second kappa shape index (κ2) is 4.53. The van der Waals surface area contributed by atoms with Gasteiger partial charge in [-0.2, -0.15) is 5.10 Å². The number of halogens is 1. The summed E-state index contributed by atoms with van der Waals surface area (Å²) >= 11 is 0. The minimum atomic E-state index is -0.190. The molecule has 0 amide bonds. The van der Waals surface area contributed by atoms with Gasteiger partial charge in [0, 0.05) is 24.2 Å². The fourth-order valence-electron chi connectivity index (χ4n) is 2.18. The smallest absolute Gasteiger partial charge is 0.129 e. The normalized spacial score (nSPS) is 15.0. The van der Waals surface area contributed by atoms with Crippen LogP contribution in [0.4, 0.5) is 4.39 Å². The Bertz CT molecular complexity index is 558. The van der Waals surface area contributed by atoms with Crippen molar-refractivity contribution >= 4 is 0 Å². The fraction of sp³-hybridized carbons (Fsp3) is 0.357. The minimum absolute atomic E-state index is 0.190. The van der Waals surface area contributed by atoms with E-state index in [1.807, 2.05) is 25.4 Å². The molecule has 1 N–H and O–H groups in total. The Hall–Kier alpha value is -1.68. The molecule has 3 rings (SSSR count). The van der Waals surface area contributed by atoms with E-state index in [1.165, 1.54) is 18.9 Å². The summed E-state index contributed by atoms with van der Waals surface area (Å²) in [6.07, 6.45) is 4.37. The van der Waals surface area contributed by atoms with Gasteiger partial charge in [0.25, 0.3) is 0 Å². The second-order valence-corrected chi connectivity index (χ2v) is 4.73. The summed E-state index contributed by atoms with van der Waals surface area (Å²) in [5, 5.41) is 7.54. The summed E-state index contributed by atoms with van der Waals surface area (Å²) in [6, 6.07) is 7.15. The zero-order chi connectivity index (χ0) is 12.5. The molecule has 0 spiro atoms. The molecule has 0 saturated heterocycles. The van der Waals surface area contributed by atoms with Gasteiger partial charge in [0.2, 0.25) is 0 Å². The third-order valence-electron chi connectivity index (χ3n) is 3.30. The molecule has 3 nitrogen and oxygen atoms in total. The Labute approximate surface area is 106 Å². The van der Waals surface area contributed by atoms with Crippen LogP contribution in [-0.2, 0) is 6.54 Å². The van der Waals surface area contributed by atoms with Crippen molar-refractivity contribution in [1.29, 1.82) is 0 Å². The first-order valence-corrected chi connectivity index (χ1v) is 6.27. The molecule has 1 aliphatic carbocycles. The van der Waals surface area contributed by atoms with Gasteiger partial charge < -0.3 is 5.32 Å². The molecule has 1 saturated carbocycles. The van der Waals surface area contributed by atoms with Gasteiger partial charge in [-0.05, 0) is 38.1 Å². The largest absolute Gasteiger partial charge is 0.316 e. The molecule has 1 aliphatic rings. The van der Waals surface area contributed by atoms with Crippen LogP contribution in [0.1, 0.15) is 30.0 Å². The van der Waals surface area contributed by atoms with Crippen molar-refractivity contribution in [3.8, 4) is 5.69 Å². The highest BCUT2D eigenvalue weighted by atomic mass is 19.1. The number of hydrogen-bond acceptors (Lipinski definition) is 2. The molecule has 1 aromatic carbocycles. The molecule has 1 heterocycles. The van der Waals surface area contributed by atoms with E-state index in [1.54, 1.807) is 10.7 Å². The molecule has 2 aromatic rings. The van der Waals surface area contributed by atoms with Crippen LogP contribution in [0.2, 0.25) is 0 Å². The van der Waals surface area contributed by atoms with Crippen molar-refractivity contribution in [2.24, 2.45) is 0 Å². The highest BCUT2D eigenvalue weighted by Gasteiger charge is 2.26. The predicted octanol–water partition coefficient (Wildman–Crippen LogP) is 2.61. The highest BCUT2D eigenvalue weighted by Crippen LogP contribution is 2.39. The number of nitrogens with one attached hydrogen (secondary N) is 1. The number of nitrogens with zero attached hydrogens (tertiary/aromatic N) is 2. The number of aromatic nitrogens is 2. The van der Waals surface area contributed by atoms with E-state index in [9.17, 15) is 4.39 Å². The summed E-state index contributed by atoms with van der Waals surface area (Å²) in [4.78, 5) is 0. The summed E-state index contributed by atoms with van der Waals surface area (Å²) in [6.45, 7) is 0.501. The summed E-state index contributed by atoms with van der Waals surface area (Å²) in [5.74, 6) is 0.429. The van der Waals surface area contributed by atoms with Crippen LogP contribution in [0, 0.1) is 5.82 Å². The Balaban J connectivity index is 2.00. The molecule has 0 bridgehead atoms. The molecule has 4 heteroatoms. The zero-order valence-electron chi connectivity index (χ0n) is 10.4. The van der Waals surface area contributed by atoms with Crippen molar-refractivity contribution in [2.75, 3.05) is 7.05 Å². The van der Waals surface area contributed by atoms with Gasteiger partial charge in [0.15, 0.2) is 0 Å². The maximum atomic E-state index is 13.8. The zero-order valence-corrected chi connectivity index (χ0v) is 10.4. The number of rotatable bonds is 4. The van der Waals surface area contributed by atoms with Crippen LogP contribution in [0.3, 0.4) is 0 Å². The topological polar surface area (TPSA) is 29.9 Å². The monoisotopic (exact) mass is 245 g/mol. The van der Waals surface area contributed by atoms with E-state index in [4.69, 9.17) is 0 Å². The van der Waals surface area contributed by atoms with Crippen molar-refractivity contribution in [3.63, 3.8) is 0 Å². The van der Waals surface area contributed by atoms with Crippen molar-refractivity contribution < 1.29 is 4.39 Å². The molecule has 1 fully saturated rings. The van der Waals surface area contributed by atoms with E-state index < -0.39 is 0 Å². The fourth-order valence-corrected chi connectivity index (χ4v) is 2.18. The van der Waals surface area contributed by atoms with Gasteiger partial charge in [-0.25, -0.2) is 9.07 Å². The third kappa shape index (κ3) is 2.04. The molecule has 0 radical (unpaired) electrons. The van der Waals surface area contributed by atoms with Crippen molar-refractivity contribution in [2.45, 2.75) is 25.3 Å². The van der Waals surface area contributed by atoms with Crippen LogP contribution in [0.5, 0.6) is 0 Å². The average Bonchev–Trinajstić information content (AvgIpc) is 3.11. The standard InChI is InChI=1S/C14H16FN3/c1-16-9-11-12(15)3-2-4-14(11)18-8-7-13(17-18)10-5-6-10/h2-4,7-8,10,16H,5-6,9H2,1H3. The summed E-state index contributed by atoms with van der Waals surface area (Å²) in [5.41, 5.74) is 2.59. The molecule has 0 aliphatic heterocycles. The van der Waals surface area contributed by atoms with Crippen LogP contribution in [0.25, 0.3) is 5.69 Å². The van der Waals surface area contributed by atoms with Crippen molar-refractivity contribution in [3.05, 3.63) is 47.5 Å². The molecule has 1 aromatic heterocycles. The van der Waals surface area contributed by atoms with Gasteiger partial charge in [0.1, 0.15) is 5.82 Å². The van der Waals surface area contributed by atoms with E-state index in [-0.39, 0.29) is 5.82 Å². The quantitative estimate of drug-likeness (QED) is 0.897. The average molecular weight is 245 g/mol. The first kappa shape index (κ1) is 11.4. The Morgan fingerprint density at radius 1 is 1.39 bits per heavy atom. The summed E-state index contributed by atoms with van der Waals surface area (Å²) in [7, 11) is 1.81. The third-order valence-corrected chi connectivity index (χ3v) is 3.30. The van der Waals surface area contributed by atoms with Gasteiger partial charge in [-0.15, -0.1) is 0 Å². The summed E-state index contributed by atoms with van der Waals surface area (Å²) < 4.78 is 15.6. The van der Waals surface area contributed by atoms with Crippen LogP contribution >= 0.6 is 0 Å². The lowest BCUT2D eigenvalue weighted by Crippen LogP contribution is -2.11. The maximum Gasteiger partial charge on any atom is 0.129 e. The van der Waals surface area contributed by atoms with E-state index in [0.29, 0.717) is 18.0 Å². The lowest BCUT2D eigenvalue weighted by Gasteiger charge is -2.10. The number of hydrogen-bond donors (Lipinski definition) is 1. The highest BCUT2D eigenvalue weighted by molar-refractivity contribution is 5.41. The second-order valence-electron chi connectivity index (χ2n) is 4.73. The van der Waals surface area contributed by atoms with Crippen LogP contribution < -0.4 is 5.32 Å². The van der Waals surface area contributed by atoms with Crippen molar-refractivity contribution in [1.82, 2.24) is 15.1 Å². The molecule has 18 heavy (non-hydrogen) atoms. The number of benzene rings is 1. The van der Waals surface area contributed by atoms with Crippen LogP contribution in [0.15, 0.2) is 30.5 Å². The Morgan fingerprint density at radius 2 is 2.22 bits per heavy atom. The Kier molecular flexibility index (Phi) is 2.88. The predicted molar refractivity (Wildman–Crippen MR) is 68.3 cm³/mol. The molecular formula is C14H16FN3. The minimum Gasteiger partial charge on any atom is -0.316 e. The van der Waals surface area contributed by atoms with Gasteiger partial charge in [-0.3, -0.25) is 0 Å². The molecule has 94 valence electrons. The SMILES string of the molecule is CNCc1c(F)cccc1-n1ccc(C2CC2)n1. The molecule has 0 atom stereocenters. The first-order chi connectivity index (χ1) is 8.79. The molecular weight excluding hydrogens is 229 g/mol. The van der Waals surface area contributed by atoms with E-state index in [0.717, 1.165) is 11.4 Å².